The van der Waals surface area contributed by atoms with Crippen LogP contribution in [0.5, 0.6) is 0 Å². The van der Waals surface area contributed by atoms with Crippen molar-refractivity contribution in [2.24, 2.45) is 0 Å². The van der Waals surface area contributed by atoms with E-state index in [9.17, 15) is 14.9 Å². The van der Waals surface area contributed by atoms with Crippen molar-refractivity contribution in [3.05, 3.63) is 21.9 Å². The van der Waals surface area contributed by atoms with Crippen molar-refractivity contribution >= 4 is 11.8 Å². The highest BCUT2D eigenvalue weighted by Crippen LogP contribution is 2.18. The summed E-state index contributed by atoms with van der Waals surface area (Å²) < 4.78 is 1.07. The minimum atomic E-state index is -1.27. The number of carbonyl (C=O) groups is 1. The molecule has 1 N–H and O–H groups in total. The number of aromatic nitrogens is 2. The minimum Gasteiger partial charge on any atom is -0.476 e. The van der Waals surface area contributed by atoms with Crippen LogP contribution < -0.4 is 0 Å². The molecular formula is C7H9N3O4. The summed E-state index contributed by atoms with van der Waals surface area (Å²) >= 11 is 0. The normalized spacial score (nSPS) is 10.5. The fourth-order valence-corrected chi connectivity index (χ4v) is 1.01. The summed E-state index contributed by atoms with van der Waals surface area (Å²) in [5.74, 6) is -1.58. The van der Waals surface area contributed by atoms with Crippen LogP contribution in [0, 0.1) is 10.1 Å². The van der Waals surface area contributed by atoms with Crippen molar-refractivity contribution in [1.29, 1.82) is 0 Å². The van der Waals surface area contributed by atoms with Crippen LogP contribution in [-0.2, 0) is 0 Å². The SMILES string of the molecule is CC(C)n1nc(C(=O)O)cc1[N+](=O)[O-]. The molecule has 7 heteroatoms. The number of carboxylic acids is 1. The van der Waals surface area contributed by atoms with Crippen molar-refractivity contribution < 1.29 is 14.8 Å². The Labute approximate surface area is 79.1 Å². The molecule has 0 bridgehead atoms. The molecule has 0 aliphatic carbocycles. The first-order valence-electron chi connectivity index (χ1n) is 3.90. The molecule has 0 amide bonds. The molecular weight excluding hydrogens is 190 g/mol. The van der Waals surface area contributed by atoms with Gasteiger partial charge in [0.25, 0.3) is 0 Å². The molecule has 0 atom stereocenters. The topological polar surface area (TPSA) is 98.3 Å². The average molecular weight is 199 g/mol. The lowest BCUT2D eigenvalue weighted by atomic mass is 10.4. The Morgan fingerprint density at radius 1 is 1.71 bits per heavy atom. The van der Waals surface area contributed by atoms with Gasteiger partial charge in [0.2, 0.25) is 0 Å². The lowest BCUT2D eigenvalue weighted by molar-refractivity contribution is -0.393. The van der Waals surface area contributed by atoms with Gasteiger partial charge in [-0.3, -0.25) is 0 Å². The van der Waals surface area contributed by atoms with Crippen LogP contribution in [-0.4, -0.2) is 25.8 Å². The maximum Gasteiger partial charge on any atom is 0.358 e. The van der Waals surface area contributed by atoms with Crippen molar-refractivity contribution in [2.45, 2.75) is 19.9 Å². The van der Waals surface area contributed by atoms with Gasteiger partial charge in [0.1, 0.15) is 6.04 Å². The van der Waals surface area contributed by atoms with Gasteiger partial charge in [0, 0.05) is 0 Å². The molecule has 0 radical (unpaired) electrons. The summed E-state index contributed by atoms with van der Waals surface area (Å²) in [6.07, 6.45) is 0. The zero-order valence-corrected chi connectivity index (χ0v) is 7.67. The van der Waals surface area contributed by atoms with E-state index in [1.165, 1.54) is 0 Å². The van der Waals surface area contributed by atoms with Gasteiger partial charge in [-0.2, -0.15) is 0 Å². The highest BCUT2D eigenvalue weighted by Gasteiger charge is 2.23. The van der Waals surface area contributed by atoms with Crippen LogP contribution >= 0.6 is 0 Å². The Morgan fingerprint density at radius 3 is 2.57 bits per heavy atom. The van der Waals surface area contributed by atoms with E-state index in [1.807, 2.05) is 0 Å². The highest BCUT2D eigenvalue weighted by atomic mass is 16.6. The highest BCUT2D eigenvalue weighted by molar-refractivity contribution is 5.85. The van der Waals surface area contributed by atoms with Gasteiger partial charge in [-0.1, -0.05) is 5.10 Å². The van der Waals surface area contributed by atoms with E-state index in [1.54, 1.807) is 13.8 Å². The molecule has 0 aliphatic rings. The van der Waals surface area contributed by atoms with Gasteiger partial charge in [-0.25, -0.2) is 4.79 Å². The third-order valence-electron chi connectivity index (χ3n) is 1.61. The lowest BCUT2D eigenvalue weighted by Crippen LogP contribution is -2.08. The zero-order valence-electron chi connectivity index (χ0n) is 7.67. The molecule has 76 valence electrons. The number of carboxylic acid groups (broad SMARTS) is 1. The summed E-state index contributed by atoms with van der Waals surface area (Å²) in [4.78, 5) is 20.4. The van der Waals surface area contributed by atoms with E-state index in [0.717, 1.165) is 10.7 Å². The number of aromatic carboxylic acids is 1. The van der Waals surface area contributed by atoms with Crippen molar-refractivity contribution in [3.8, 4) is 0 Å². The first kappa shape index (κ1) is 10.2. The zero-order chi connectivity index (χ0) is 10.9. The molecule has 1 aromatic rings. The van der Waals surface area contributed by atoms with Crippen LogP contribution in [0.25, 0.3) is 0 Å². The number of nitrogens with zero attached hydrogens (tertiary/aromatic N) is 3. The van der Waals surface area contributed by atoms with E-state index < -0.39 is 10.9 Å². The first-order valence-corrected chi connectivity index (χ1v) is 3.90. The fraction of sp³-hybridized carbons (Fsp3) is 0.429. The first-order chi connectivity index (χ1) is 6.43. The molecule has 0 unspecified atom stereocenters. The summed E-state index contributed by atoms with van der Waals surface area (Å²) in [5.41, 5.74) is -0.314. The third kappa shape index (κ3) is 1.70. The minimum absolute atomic E-state index is 0.247. The third-order valence-corrected chi connectivity index (χ3v) is 1.61. The molecule has 1 heterocycles. The predicted molar refractivity (Wildman–Crippen MR) is 46.2 cm³/mol. The average Bonchev–Trinajstić information content (AvgIpc) is 2.47. The second-order valence-electron chi connectivity index (χ2n) is 2.99. The molecule has 0 saturated carbocycles. The smallest absolute Gasteiger partial charge is 0.358 e. The number of hydrogen-bond donors (Lipinski definition) is 1. The maximum absolute atomic E-state index is 10.5. The van der Waals surface area contributed by atoms with Gasteiger partial charge in [0.15, 0.2) is 5.69 Å². The summed E-state index contributed by atoms with van der Waals surface area (Å²) in [5, 5.41) is 22.7. The van der Waals surface area contributed by atoms with E-state index >= 15 is 0 Å². The van der Waals surface area contributed by atoms with E-state index in [4.69, 9.17) is 5.11 Å². The van der Waals surface area contributed by atoms with Gasteiger partial charge in [-0.05, 0) is 18.8 Å². The second-order valence-corrected chi connectivity index (χ2v) is 2.99. The van der Waals surface area contributed by atoms with Crippen molar-refractivity contribution in [3.63, 3.8) is 0 Å². The summed E-state index contributed by atoms with van der Waals surface area (Å²) in [6.45, 7) is 3.37. The van der Waals surface area contributed by atoms with Gasteiger partial charge in [0.05, 0.1) is 6.07 Å². The van der Waals surface area contributed by atoms with Crippen LogP contribution in [0.1, 0.15) is 30.4 Å². The van der Waals surface area contributed by atoms with Crippen LogP contribution in [0.2, 0.25) is 0 Å². The number of nitro groups is 1. The van der Waals surface area contributed by atoms with E-state index in [0.29, 0.717) is 0 Å². The Balaban J connectivity index is 3.26. The standard InChI is InChI=1S/C7H9N3O4/c1-4(2)9-6(10(13)14)3-5(8-9)7(11)12/h3-4H,1-2H3,(H,11,12). The number of rotatable bonds is 3. The van der Waals surface area contributed by atoms with Crippen LogP contribution in [0.3, 0.4) is 0 Å². The Hall–Kier alpha value is -1.92. The summed E-state index contributed by atoms with van der Waals surface area (Å²) in [6, 6.07) is 0.700. The Morgan fingerprint density at radius 2 is 2.29 bits per heavy atom. The maximum atomic E-state index is 10.5. The Kier molecular flexibility index (Phi) is 2.50. The molecule has 7 nitrogen and oxygen atoms in total. The molecule has 0 fully saturated rings. The van der Waals surface area contributed by atoms with Crippen LogP contribution in [0.4, 0.5) is 5.82 Å². The molecule has 1 rings (SSSR count). The largest absolute Gasteiger partial charge is 0.476 e. The van der Waals surface area contributed by atoms with Crippen LogP contribution in [0.15, 0.2) is 6.07 Å². The molecule has 14 heavy (non-hydrogen) atoms. The van der Waals surface area contributed by atoms with Gasteiger partial charge >= 0.3 is 11.8 Å². The summed E-state index contributed by atoms with van der Waals surface area (Å²) in [7, 11) is 0. The van der Waals surface area contributed by atoms with E-state index in [2.05, 4.69) is 5.10 Å². The molecule has 0 spiro atoms. The number of hydrogen-bond acceptors (Lipinski definition) is 4. The van der Waals surface area contributed by atoms with Gasteiger partial charge in [-0.15, -0.1) is 4.68 Å². The second kappa shape index (κ2) is 3.44. The lowest BCUT2D eigenvalue weighted by Gasteiger charge is -2.00. The molecule has 0 aromatic carbocycles. The fourth-order valence-electron chi connectivity index (χ4n) is 1.01. The quantitative estimate of drug-likeness (QED) is 0.579. The molecule has 0 aliphatic heterocycles. The monoisotopic (exact) mass is 199 g/mol. The van der Waals surface area contributed by atoms with Crippen molar-refractivity contribution in [2.75, 3.05) is 0 Å². The molecule has 1 aromatic heterocycles. The van der Waals surface area contributed by atoms with Gasteiger partial charge < -0.3 is 15.2 Å². The predicted octanol–water partition coefficient (Wildman–Crippen LogP) is 1.07. The molecule has 0 saturated heterocycles. The van der Waals surface area contributed by atoms with Crippen molar-refractivity contribution in [1.82, 2.24) is 9.78 Å². The Bertz CT molecular complexity index is 382. The van der Waals surface area contributed by atoms with E-state index in [-0.39, 0.29) is 17.6 Å².